The van der Waals surface area contributed by atoms with Crippen molar-refractivity contribution in [1.29, 1.82) is 0 Å². The fourth-order valence-electron chi connectivity index (χ4n) is 1.24. The Morgan fingerprint density at radius 3 is 2.73 bits per heavy atom. The van der Waals surface area contributed by atoms with E-state index in [-0.39, 0.29) is 11.7 Å². The smallest absolute Gasteiger partial charge is 0.270 e. The third-order valence-electron chi connectivity index (χ3n) is 2.25. The highest BCUT2D eigenvalue weighted by Crippen LogP contribution is 2.24. The molecular formula is C10H13BrN2O2. The first-order valence-electron chi connectivity index (χ1n) is 4.73. The zero-order valence-electron chi connectivity index (χ0n) is 8.44. The predicted octanol–water partition coefficient (Wildman–Crippen LogP) is 2.64. The van der Waals surface area contributed by atoms with E-state index < -0.39 is 4.92 Å². The van der Waals surface area contributed by atoms with E-state index in [0.29, 0.717) is 0 Å². The summed E-state index contributed by atoms with van der Waals surface area (Å²) in [4.78, 5) is 10.1. The summed E-state index contributed by atoms with van der Waals surface area (Å²) in [6.45, 7) is 2.02. The van der Waals surface area contributed by atoms with Crippen LogP contribution in [-0.2, 0) is 6.42 Å². The second-order valence-electron chi connectivity index (χ2n) is 3.41. The van der Waals surface area contributed by atoms with Gasteiger partial charge in [0.1, 0.15) is 0 Å². The molecule has 0 amide bonds. The molecule has 82 valence electrons. The van der Waals surface area contributed by atoms with Crippen LogP contribution in [-0.4, -0.2) is 11.0 Å². The second kappa shape index (κ2) is 5.23. The van der Waals surface area contributed by atoms with Crippen LogP contribution in [0.4, 0.5) is 5.69 Å². The summed E-state index contributed by atoms with van der Waals surface area (Å²) < 4.78 is 0.751. The van der Waals surface area contributed by atoms with Crippen LogP contribution in [0.15, 0.2) is 22.7 Å². The zero-order chi connectivity index (χ0) is 11.4. The van der Waals surface area contributed by atoms with Crippen molar-refractivity contribution in [1.82, 2.24) is 0 Å². The number of hydrogen-bond donors (Lipinski definition) is 1. The van der Waals surface area contributed by atoms with Crippen molar-refractivity contribution in [3.63, 3.8) is 0 Å². The van der Waals surface area contributed by atoms with E-state index in [1.807, 2.05) is 6.92 Å². The first-order chi connectivity index (χ1) is 7.04. The highest BCUT2D eigenvalue weighted by atomic mass is 79.9. The number of nitro groups is 1. The Bertz CT molecular complexity index is 368. The van der Waals surface area contributed by atoms with Gasteiger partial charge in [-0.2, -0.15) is 0 Å². The molecule has 1 aromatic rings. The molecule has 1 rings (SSSR count). The lowest BCUT2D eigenvalue weighted by Crippen LogP contribution is -2.21. The van der Waals surface area contributed by atoms with Crippen LogP contribution in [0.25, 0.3) is 0 Å². The van der Waals surface area contributed by atoms with Crippen molar-refractivity contribution in [3.8, 4) is 0 Å². The Labute approximate surface area is 96.8 Å². The van der Waals surface area contributed by atoms with Gasteiger partial charge in [-0.25, -0.2) is 0 Å². The normalized spacial score (nSPS) is 12.5. The summed E-state index contributed by atoms with van der Waals surface area (Å²) in [5, 5.41) is 10.5. The van der Waals surface area contributed by atoms with E-state index in [2.05, 4.69) is 15.9 Å². The molecule has 0 aliphatic rings. The number of non-ortho nitro benzene ring substituents is 1. The lowest BCUT2D eigenvalue weighted by molar-refractivity contribution is -0.384. The van der Waals surface area contributed by atoms with Gasteiger partial charge in [0.25, 0.3) is 5.69 Å². The molecule has 0 heterocycles. The van der Waals surface area contributed by atoms with Gasteiger partial charge < -0.3 is 5.73 Å². The molecule has 1 atom stereocenters. The molecule has 0 fully saturated rings. The molecule has 0 saturated carbocycles. The molecule has 5 heteroatoms. The molecule has 1 aromatic carbocycles. The molecule has 0 aliphatic heterocycles. The van der Waals surface area contributed by atoms with Crippen molar-refractivity contribution < 1.29 is 4.92 Å². The second-order valence-corrected chi connectivity index (χ2v) is 4.26. The third-order valence-corrected chi connectivity index (χ3v) is 2.99. The van der Waals surface area contributed by atoms with Gasteiger partial charge in [0.15, 0.2) is 0 Å². The molecule has 0 aliphatic carbocycles. The molecule has 0 spiro atoms. The molecule has 1 unspecified atom stereocenters. The Balaban J connectivity index is 2.88. The number of hydrogen-bond acceptors (Lipinski definition) is 3. The first kappa shape index (κ1) is 12.1. The Morgan fingerprint density at radius 1 is 1.60 bits per heavy atom. The minimum Gasteiger partial charge on any atom is -0.327 e. The number of halogens is 1. The molecule has 0 saturated heterocycles. The van der Waals surface area contributed by atoms with Crippen molar-refractivity contribution >= 4 is 21.6 Å². The van der Waals surface area contributed by atoms with E-state index >= 15 is 0 Å². The molecule has 15 heavy (non-hydrogen) atoms. The van der Waals surface area contributed by atoms with Gasteiger partial charge in [-0.05, 0) is 18.4 Å². The van der Waals surface area contributed by atoms with Gasteiger partial charge in [-0.15, -0.1) is 0 Å². The van der Waals surface area contributed by atoms with Crippen LogP contribution in [0.1, 0.15) is 18.9 Å². The highest BCUT2D eigenvalue weighted by Gasteiger charge is 2.10. The fraction of sp³-hybridized carbons (Fsp3) is 0.400. The molecule has 0 radical (unpaired) electrons. The quantitative estimate of drug-likeness (QED) is 0.677. The number of nitrogens with two attached hydrogens (primary N) is 1. The summed E-state index contributed by atoms with van der Waals surface area (Å²) in [6, 6.07) is 4.86. The number of nitrogens with zero attached hydrogens (tertiary/aromatic N) is 1. The third kappa shape index (κ3) is 3.28. The van der Waals surface area contributed by atoms with E-state index in [1.165, 1.54) is 12.1 Å². The van der Waals surface area contributed by atoms with Gasteiger partial charge in [0, 0.05) is 22.6 Å². The van der Waals surface area contributed by atoms with Crippen molar-refractivity contribution in [3.05, 3.63) is 38.3 Å². The van der Waals surface area contributed by atoms with Crippen molar-refractivity contribution in [2.75, 3.05) is 0 Å². The van der Waals surface area contributed by atoms with Crippen LogP contribution in [0.5, 0.6) is 0 Å². The van der Waals surface area contributed by atoms with E-state index in [0.717, 1.165) is 22.9 Å². The largest absolute Gasteiger partial charge is 0.327 e. The first-order valence-corrected chi connectivity index (χ1v) is 5.52. The number of rotatable bonds is 4. The Kier molecular flexibility index (Phi) is 4.23. The molecule has 0 bridgehead atoms. The van der Waals surface area contributed by atoms with E-state index in [9.17, 15) is 10.1 Å². The molecular weight excluding hydrogens is 260 g/mol. The average Bonchev–Trinajstić information content (AvgIpc) is 2.20. The van der Waals surface area contributed by atoms with Crippen LogP contribution < -0.4 is 5.73 Å². The minimum absolute atomic E-state index is 0.0932. The van der Waals surface area contributed by atoms with Gasteiger partial charge >= 0.3 is 0 Å². The maximum atomic E-state index is 10.5. The highest BCUT2D eigenvalue weighted by molar-refractivity contribution is 9.10. The maximum absolute atomic E-state index is 10.5. The van der Waals surface area contributed by atoms with Gasteiger partial charge in [0.05, 0.1) is 4.92 Å². The molecule has 0 aromatic heterocycles. The summed E-state index contributed by atoms with van der Waals surface area (Å²) in [5.41, 5.74) is 6.92. The van der Waals surface area contributed by atoms with Gasteiger partial charge in [0.2, 0.25) is 0 Å². The van der Waals surface area contributed by atoms with Crippen LogP contribution in [0.2, 0.25) is 0 Å². The SMILES string of the molecule is CCC(N)Cc1ccc([N+](=O)[O-])cc1Br. The average molecular weight is 273 g/mol. The zero-order valence-corrected chi connectivity index (χ0v) is 10.0. The fourth-order valence-corrected chi connectivity index (χ4v) is 1.77. The topological polar surface area (TPSA) is 69.2 Å². The van der Waals surface area contributed by atoms with E-state index in [1.54, 1.807) is 6.07 Å². The van der Waals surface area contributed by atoms with E-state index in [4.69, 9.17) is 5.73 Å². The summed E-state index contributed by atoms with van der Waals surface area (Å²) in [7, 11) is 0. The minimum atomic E-state index is -0.408. The van der Waals surface area contributed by atoms with Gasteiger partial charge in [-0.3, -0.25) is 10.1 Å². The lowest BCUT2D eigenvalue weighted by Gasteiger charge is -2.09. The Morgan fingerprint density at radius 2 is 2.27 bits per heavy atom. The van der Waals surface area contributed by atoms with Crippen LogP contribution in [0, 0.1) is 10.1 Å². The molecule has 2 N–H and O–H groups in total. The summed E-state index contributed by atoms with van der Waals surface area (Å²) in [6.07, 6.45) is 1.62. The lowest BCUT2D eigenvalue weighted by atomic mass is 10.0. The maximum Gasteiger partial charge on any atom is 0.270 e. The van der Waals surface area contributed by atoms with Crippen LogP contribution >= 0.6 is 15.9 Å². The van der Waals surface area contributed by atoms with Gasteiger partial charge in [-0.1, -0.05) is 28.9 Å². The molecule has 4 nitrogen and oxygen atoms in total. The predicted molar refractivity (Wildman–Crippen MR) is 62.8 cm³/mol. The number of benzene rings is 1. The Hall–Kier alpha value is -0.940. The van der Waals surface area contributed by atoms with Crippen molar-refractivity contribution in [2.24, 2.45) is 5.73 Å². The summed E-state index contributed by atoms with van der Waals surface area (Å²) in [5.74, 6) is 0. The number of nitro benzene ring substituents is 1. The van der Waals surface area contributed by atoms with Crippen molar-refractivity contribution in [2.45, 2.75) is 25.8 Å². The van der Waals surface area contributed by atoms with Crippen LogP contribution in [0.3, 0.4) is 0 Å². The monoisotopic (exact) mass is 272 g/mol. The summed E-state index contributed by atoms with van der Waals surface area (Å²) >= 11 is 3.31. The standard InChI is InChI=1S/C10H13BrN2O2/c1-2-8(12)5-7-3-4-9(13(14)15)6-10(7)11/h3-4,6,8H,2,5,12H2,1H3.